The number of nitrogens with one attached hydrogen (secondary N) is 1. The maximum atomic E-state index is 5.99. The quantitative estimate of drug-likeness (QED) is 0.528. The Labute approximate surface area is 152 Å². The lowest BCUT2D eigenvalue weighted by molar-refractivity contribution is 0.907. The zero-order chi connectivity index (χ0) is 17.5. The molecular formula is C18H12ClN7. The van der Waals surface area contributed by atoms with Gasteiger partial charge in [0, 0.05) is 11.6 Å². The molecule has 0 amide bonds. The van der Waals surface area contributed by atoms with Crippen molar-refractivity contribution >= 4 is 39.7 Å². The molecule has 0 atom stereocenters. The average molecular weight is 362 g/mol. The summed E-state index contributed by atoms with van der Waals surface area (Å²) in [6, 6.07) is 13.9. The molecule has 0 saturated carbocycles. The Morgan fingerprint density at radius 1 is 1.04 bits per heavy atom. The van der Waals surface area contributed by atoms with Gasteiger partial charge in [-0.05, 0) is 35.9 Å². The number of halogens is 1. The van der Waals surface area contributed by atoms with Gasteiger partial charge in [-0.3, -0.25) is 4.98 Å². The first kappa shape index (κ1) is 14.9. The summed E-state index contributed by atoms with van der Waals surface area (Å²) in [5.74, 6) is 1.24. The van der Waals surface area contributed by atoms with E-state index < -0.39 is 0 Å². The lowest BCUT2D eigenvalue weighted by Gasteiger charge is -2.05. The number of hydrogen-bond donors (Lipinski definition) is 1. The number of hydrogen-bond acceptors (Lipinski definition) is 5. The molecule has 1 N–H and O–H groups in total. The maximum Gasteiger partial charge on any atom is 0.243 e. The van der Waals surface area contributed by atoms with E-state index in [1.807, 2.05) is 59.6 Å². The van der Waals surface area contributed by atoms with E-state index in [0.717, 1.165) is 22.1 Å². The lowest BCUT2D eigenvalue weighted by atomic mass is 10.2. The predicted octanol–water partition coefficient (Wildman–Crippen LogP) is 3.86. The van der Waals surface area contributed by atoms with E-state index >= 15 is 0 Å². The fourth-order valence-corrected chi connectivity index (χ4v) is 3.02. The van der Waals surface area contributed by atoms with Crippen molar-refractivity contribution in [3.05, 3.63) is 72.7 Å². The van der Waals surface area contributed by atoms with Crippen LogP contribution in [0.3, 0.4) is 0 Å². The van der Waals surface area contributed by atoms with Crippen LogP contribution < -0.4 is 5.32 Å². The Bertz CT molecular complexity index is 1240. The minimum atomic E-state index is 0.161. The van der Waals surface area contributed by atoms with Gasteiger partial charge in [-0.25, -0.2) is 9.50 Å². The summed E-state index contributed by atoms with van der Waals surface area (Å²) < 4.78 is 3.57. The molecule has 0 aliphatic carbocycles. The van der Waals surface area contributed by atoms with Crippen LogP contribution in [0.15, 0.2) is 67.4 Å². The van der Waals surface area contributed by atoms with Gasteiger partial charge in [-0.2, -0.15) is 4.98 Å². The third-order valence-corrected chi connectivity index (χ3v) is 4.23. The van der Waals surface area contributed by atoms with Crippen LogP contribution >= 0.6 is 11.6 Å². The first-order chi connectivity index (χ1) is 12.8. The number of pyridine rings is 1. The van der Waals surface area contributed by atoms with Gasteiger partial charge in [-0.1, -0.05) is 18.2 Å². The Morgan fingerprint density at radius 3 is 2.92 bits per heavy atom. The number of fused-ring (bicyclic) bond motifs is 2. The van der Waals surface area contributed by atoms with Crippen molar-refractivity contribution in [3.8, 4) is 5.69 Å². The number of para-hydroxylation sites is 1. The highest BCUT2D eigenvalue weighted by Gasteiger charge is 2.09. The molecule has 4 heterocycles. The lowest BCUT2D eigenvalue weighted by Crippen LogP contribution is -2.01. The second-order valence-electron chi connectivity index (χ2n) is 5.74. The average Bonchev–Trinajstić information content (AvgIpc) is 3.30. The summed E-state index contributed by atoms with van der Waals surface area (Å²) in [6.45, 7) is 0. The fraction of sp³-hybridized carbons (Fsp3) is 0. The topological polar surface area (TPSA) is 72.9 Å². The van der Waals surface area contributed by atoms with Gasteiger partial charge < -0.3 is 9.88 Å². The third kappa shape index (κ3) is 2.55. The Morgan fingerprint density at radius 2 is 1.96 bits per heavy atom. The van der Waals surface area contributed by atoms with Gasteiger partial charge in [0.15, 0.2) is 5.82 Å². The summed E-state index contributed by atoms with van der Waals surface area (Å²) in [5.41, 5.74) is 2.70. The van der Waals surface area contributed by atoms with Crippen molar-refractivity contribution in [3.63, 3.8) is 0 Å². The van der Waals surface area contributed by atoms with Crippen molar-refractivity contribution in [1.82, 2.24) is 29.1 Å². The Balaban J connectivity index is 1.50. The third-order valence-electron chi connectivity index (χ3n) is 4.07. The summed E-state index contributed by atoms with van der Waals surface area (Å²) in [6.07, 6.45) is 7.24. The number of anilines is 2. The molecule has 5 aromatic rings. The molecule has 0 aliphatic heterocycles. The van der Waals surface area contributed by atoms with E-state index in [2.05, 4.69) is 31.4 Å². The predicted molar refractivity (Wildman–Crippen MR) is 100 cm³/mol. The smallest absolute Gasteiger partial charge is 0.243 e. The Hall–Kier alpha value is -3.45. The highest BCUT2D eigenvalue weighted by molar-refractivity contribution is 6.28. The van der Waals surface area contributed by atoms with Crippen molar-refractivity contribution in [2.24, 2.45) is 0 Å². The zero-order valence-electron chi connectivity index (χ0n) is 13.4. The van der Waals surface area contributed by atoms with Gasteiger partial charge in [0.25, 0.3) is 0 Å². The van der Waals surface area contributed by atoms with Crippen molar-refractivity contribution < 1.29 is 0 Å². The van der Waals surface area contributed by atoms with Crippen LogP contribution in [-0.2, 0) is 0 Å². The van der Waals surface area contributed by atoms with E-state index in [4.69, 9.17) is 11.6 Å². The fourth-order valence-electron chi connectivity index (χ4n) is 2.85. The summed E-state index contributed by atoms with van der Waals surface area (Å²) in [4.78, 5) is 13.1. The normalized spacial score (nSPS) is 11.3. The van der Waals surface area contributed by atoms with Gasteiger partial charge in [-0.15, -0.1) is 5.10 Å². The largest absolute Gasteiger partial charge is 0.322 e. The number of rotatable bonds is 3. The number of nitrogens with zero attached hydrogens (tertiary/aromatic N) is 6. The molecule has 0 saturated heterocycles. The minimum absolute atomic E-state index is 0.161. The number of imidazole rings is 1. The molecule has 8 heteroatoms. The molecule has 126 valence electrons. The van der Waals surface area contributed by atoms with Crippen LogP contribution in [-0.4, -0.2) is 29.1 Å². The van der Waals surface area contributed by atoms with Crippen LogP contribution in [0.2, 0.25) is 5.28 Å². The highest BCUT2D eigenvalue weighted by Crippen LogP contribution is 2.22. The van der Waals surface area contributed by atoms with Crippen LogP contribution in [0.1, 0.15) is 0 Å². The molecule has 0 bridgehead atoms. The number of aromatic nitrogens is 6. The van der Waals surface area contributed by atoms with Crippen LogP contribution in [0, 0.1) is 0 Å². The summed E-state index contributed by atoms with van der Waals surface area (Å²) in [7, 11) is 0. The van der Waals surface area contributed by atoms with E-state index in [-0.39, 0.29) is 5.28 Å². The van der Waals surface area contributed by atoms with Gasteiger partial charge >= 0.3 is 0 Å². The monoisotopic (exact) mass is 361 g/mol. The molecule has 0 radical (unpaired) electrons. The van der Waals surface area contributed by atoms with Gasteiger partial charge in [0.1, 0.15) is 17.7 Å². The van der Waals surface area contributed by atoms with E-state index in [1.165, 1.54) is 0 Å². The minimum Gasteiger partial charge on any atom is -0.322 e. The molecule has 0 aliphatic rings. The highest BCUT2D eigenvalue weighted by atomic mass is 35.5. The zero-order valence-corrected chi connectivity index (χ0v) is 14.2. The van der Waals surface area contributed by atoms with Crippen LogP contribution in [0.4, 0.5) is 11.6 Å². The molecule has 0 unspecified atom stereocenters. The second-order valence-corrected chi connectivity index (χ2v) is 6.08. The van der Waals surface area contributed by atoms with Crippen molar-refractivity contribution in [2.75, 3.05) is 5.32 Å². The molecule has 0 spiro atoms. The van der Waals surface area contributed by atoms with Crippen molar-refractivity contribution in [2.45, 2.75) is 0 Å². The molecule has 0 fully saturated rings. The van der Waals surface area contributed by atoms with Gasteiger partial charge in [0.2, 0.25) is 5.28 Å². The molecule has 5 rings (SSSR count). The van der Waals surface area contributed by atoms with Crippen LogP contribution in [0.5, 0.6) is 0 Å². The second kappa shape index (κ2) is 5.82. The maximum absolute atomic E-state index is 5.99. The SMILES string of the molecule is Clc1nc(Nc2cn(-c3cnc4ccccc4c3)cn2)c2cccn2n1. The van der Waals surface area contributed by atoms with Gasteiger partial charge in [0.05, 0.1) is 23.6 Å². The first-order valence-corrected chi connectivity index (χ1v) is 8.31. The summed E-state index contributed by atoms with van der Waals surface area (Å²) in [5, 5.41) is 8.55. The molecular weight excluding hydrogens is 350 g/mol. The van der Waals surface area contributed by atoms with E-state index in [0.29, 0.717) is 11.6 Å². The van der Waals surface area contributed by atoms with Crippen molar-refractivity contribution in [1.29, 1.82) is 0 Å². The standard InChI is InChI=1S/C18H12ClN7/c19-18-23-17(15-6-3-7-26(15)24-18)22-16-10-25(11-21-16)13-8-12-4-1-2-5-14(12)20-9-13/h1-11H,(H,22,23,24). The number of benzene rings is 1. The van der Waals surface area contributed by atoms with Crippen LogP contribution in [0.25, 0.3) is 22.1 Å². The molecule has 7 nitrogen and oxygen atoms in total. The first-order valence-electron chi connectivity index (χ1n) is 7.93. The molecule has 4 aromatic heterocycles. The van der Waals surface area contributed by atoms with E-state index in [1.54, 1.807) is 10.8 Å². The Kier molecular flexibility index (Phi) is 3.32. The van der Waals surface area contributed by atoms with E-state index in [9.17, 15) is 0 Å². The summed E-state index contributed by atoms with van der Waals surface area (Å²) >= 11 is 5.99. The molecule has 1 aromatic carbocycles. The molecule has 26 heavy (non-hydrogen) atoms.